The van der Waals surface area contributed by atoms with Crippen LogP contribution in [0.3, 0.4) is 0 Å². The molecule has 0 aliphatic carbocycles. The molecule has 1 N–H and O–H groups in total. The fourth-order valence-corrected chi connectivity index (χ4v) is 2.63. The molecule has 1 aliphatic rings. The highest BCUT2D eigenvalue weighted by atomic mass is 35.5. The van der Waals surface area contributed by atoms with Crippen LogP contribution in [0.5, 0.6) is 0 Å². The molecule has 1 saturated heterocycles. The van der Waals surface area contributed by atoms with Crippen LogP contribution in [0.1, 0.15) is 12.1 Å². The maximum atomic E-state index is 12.3. The van der Waals surface area contributed by atoms with E-state index in [1.807, 2.05) is 21.6 Å². The summed E-state index contributed by atoms with van der Waals surface area (Å²) in [5, 5.41) is 3.95. The van der Waals surface area contributed by atoms with Gasteiger partial charge < -0.3 is 14.6 Å². The number of carbonyl (C=O) groups is 1. The molecule has 20 heavy (non-hydrogen) atoms. The van der Waals surface area contributed by atoms with Gasteiger partial charge >= 0.3 is 0 Å². The molecular weight excluding hydrogens is 276 g/mol. The average molecular weight is 293 g/mol. The van der Waals surface area contributed by atoms with Crippen molar-refractivity contribution in [1.29, 1.82) is 0 Å². The Hall–Kier alpha value is -1.59. The molecule has 5 nitrogen and oxygen atoms in total. The average Bonchev–Trinajstić information content (AvgIpc) is 2.64. The van der Waals surface area contributed by atoms with E-state index in [1.165, 1.54) is 0 Å². The number of hydrogen-bond acceptors (Lipinski definition) is 3. The van der Waals surface area contributed by atoms with Crippen LogP contribution in [0.25, 0.3) is 5.65 Å². The Morgan fingerprint density at radius 1 is 1.30 bits per heavy atom. The fraction of sp³-hybridized carbons (Fsp3) is 0.429. The van der Waals surface area contributed by atoms with Crippen molar-refractivity contribution in [3.8, 4) is 0 Å². The van der Waals surface area contributed by atoms with Crippen LogP contribution in [-0.4, -0.2) is 46.4 Å². The molecule has 106 valence electrons. The van der Waals surface area contributed by atoms with Crippen LogP contribution >= 0.6 is 11.6 Å². The molecule has 1 fully saturated rings. The van der Waals surface area contributed by atoms with Crippen molar-refractivity contribution in [2.75, 3.05) is 26.2 Å². The predicted octanol–water partition coefficient (Wildman–Crippen LogP) is 1.35. The third-order valence-corrected chi connectivity index (χ3v) is 3.71. The van der Waals surface area contributed by atoms with Crippen LogP contribution in [0.2, 0.25) is 5.02 Å². The molecule has 0 aromatic carbocycles. The van der Waals surface area contributed by atoms with Crippen LogP contribution < -0.4 is 5.32 Å². The van der Waals surface area contributed by atoms with E-state index >= 15 is 0 Å². The lowest BCUT2D eigenvalue weighted by Crippen LogP contribution is -2.35. The standard InChI is InChI=1S/C14H17ClN4O/c15-11-2-3-13-17-12(10-19(13)9-11)8-14(20)18-6-1-4-16-5-7-18/h2-3,9-10,16H,1,4-8H2. The van der Waals surface area contributed by atoms with Crippen molar-refractivity contribution in [3.63, 3.8) is 0 Å². The Morgan fingerprint density at radius 2 is 2.20 bits per heavy atom. The first-order chi connectivity index (χ1) is 9.72. The van der Waals surface area contributed by atoms with Crippen LogP contribution in [0.4, 0.5) is 0 Å². The van der Waals surface area contributed by atoms with Crippen LogP contribution in [0, 0.1) is 0 Å². The Balaban J connectivity index is 1.73. The van der Waals surface area contributed by atoms with Crippen molar-refractivity contribution in [3.05, 3.63) is 35.2 Å². The van der Waals surface area contributed by atoms with Gasteiger partial charge in [0.15, 0.2) is 0 Å². The molecular formula is C14H17ClN4O. The van der Waals surface area contributed by atoms with Gasteiger partial charge in [0.05, 0.1) is 17.1 Å². The third kappa shape index (κ3) is 2.94. The molecule has 2 aromatic rings. The van der Waals surface area contributed by atoms with E-state index in [0.717, 1.165) is 43.9 Å². The van der Waals surface area contributed by atoms with Crippen LogP contribution in [0.15, 0.2) is 24.5 Å². The maximum absolute atomic E-state index is 12.3. The van der Waals surface area contributed by atoms with Gasteiger partial charge in [0.2, 0.25) is 5.91 Å². The first-order valence-electron chi connectivity index (χ1n) is 6.84. The number of pyridine rings is 1. The molecule has 0 bridgehead atoms. The van der Waals surface area contributed by atoms with Gasteiger partial charge in [0.1, 0.15) is 5.65 Å². The molecule has 1 amide bonds. The second-order valence-electron chi connectivity index (χ2n) is 5.01. The first-order valence-corrected chi connectivity index (χ1v) is 7.22. The quantitative estimate of drug-likeness (QED) is 0.909. The molecule has 3 rings (SSSR count). The number of hydrogen-bond donors (Lipinski definition) is 1. The minimum Gasteiger partial charge on any atom is -0.341 e. The lowest BCUT2D eigenvalue weighted by Gasteiger charge is -2.19. The van der Waals surface area contributed by atoms with Gasteiger partial charge in [0.25, 0.3) is 0 Å². The minimum atomic E-state index is 0.142. The highest BCUT2D eigenvalue weighted by Crippen LogP contribution is 2.12. The maximum Gasteiger partial charge on any atom is 0.228 e. The zero-order valence-electron chi connectivity index (χ0n) is 11.2. The van der Waals surface area contributed by atoms with Gasteiger partial charge in [-0.2, -0.15) is 0 Å². The smallest absolute Gasteiger partial charge is 0.228 e. The number of aromatic nitrogens is 2. The largest absolute Gasteiger partial charge is 0.341 e. The van der Waals surface area contributed by atoms with Gasteiger partial charge in [-0.3, -0.25) is 4.79 Å². The molecule has 2 aromatic heterocycles. The van der Waals surface area contributed by atoms with E-state index in [2.05, 4.69) is 10.3 Å². The lowest BCUT2D eigenvalue weighted by molar-refractivity contribution is -0.130. The Bertz CT molecular complexity index is 617. The van der Waals surface area contributed by atoms with Gasteiger partial charge in [-0.25, -0.2) is 4.98 Å². The van der Waals surface area contributed by atoms with Crippen LogP contribution in [-0.2, 0) is 11.2 Å². The second kappa shape index (κ2) is 5.81. The van der Waals surface area contributed by atoms with Crippen molar-refractivity contribution in [1.82, 2.24) is 19.6 Å². The molecule has 0 spiro atoms. The third-order valence-electron chi connectivity index (χ3n) is 3.49. The summed E-state index contributed by atoms with van der Waals surface area (Å²) in [4.78, 5) is 18.7. The monoisotopic (exact) mass is 292 g/mol. The number of halogens is 1. The molecule has 0 radical (unpaired) electrons. The van der Waals surface area contributed by atoms with Gasteiger partial charge in [-0.05, 0) is 25.1 Å². The lowest BCUT2D eigenvalue weighted by atomic mass is 10.3. The fourth-order valence-electron chi connectivity index (χ4n) is 2.46. The van der Waals surface area contributed by atoms with E-state index in [4.69, 9.17) is 11.6 Å². The van der Waals surface area contributed by atoms with E-state index in [9.17, 15) is 4.79 Å². The van der Waals surface area contributed by atoms with E-state index in [0.29, 0.717) is 11.4 Å². The van der Waals surface area contributed by atoms with Gasteiger partial charge in [-0.15, -0.1) is 0 Å². The number of nitrogens with zero attached hydrogens (tertiary/aromatic N) is 3. The summed E-state index contributed by atoms with van der Waals surface area (Å²) in [6.45, 7) is 3.45. The molecule has 3 heterocycles. The summed E-state index contributed by atoms with van der Waals surface area (Å²) in [6.07, 6.45) is 5.02. The second-order valence-corrected chi connectivity index (χ2v) is 5.44. The van der Waals surface area contributed by atoms with Gasteiger partial charge in [-0.1, -0.05) is 11.6 Å². The highest BCUT2D eigenvalue weighted by molar-refractivity contribution is 6.30. The Kier molecular flexibility index (Phi) is 3.89. The molecule has 0 atom stereocenters. The van der Waals surface area contributed by atoms with Crippen molar-refractivity contribution < 1.29 is 4.79 Å². The molecule has 0 saturated carbocycles. The Labute approximate surface area is 122 Å². The number of fused-ring (bicyclic) bond motifs is 1. The Morgan fingerprint density at radius 3 is 3.10 bits per heavy atom. The molecule has 0 unspecified atom stereocenters. The normalized spacial score (nSPS) is 16.4. The zero-order chi connectivity index (χ0) is 13.9. The molecule has 6 heteroatoms. The van der Waals surface area contributed by atoms with Crippen molar-refractivity contribution in [2.24, 2.45) is 0 Å². The number of amides is 1. The van der Waals surface area contributed by atoms with Crippen molar-refractivity contribution >= 4 is 23.2 Å². The van der Waals surface area contributed by atoms with E-state index < -0.39 is 0 Å². The minimum absolute atomic E-state index is 0.142. The first kappa shape index (κ1) is 13.4. The summed E-state index contributed by atoms with van der Waals surface area (Å²) in [5.41, 5.74) is 1.60. The van der Waals surface area contributed by atoms with Crippen molar-refractivity contribution in [2.45, 2.75) is 12.8 Å². The summed E-state index contributed by atoms with van der Waals surface area (Å²) >= 11 is 5.94. The summed E-state index contributed by atoms with van der Waals surface area (Å²) < 4.78 is 1.86. The van der Waals surface area contributed by atoms with E-state index in [-0.39, 0.29) is 5.91 Å². The number of carbonyl (C=O) groups excluding carboxylic acids is 1. The highest BCUT2D eigenvalue weighted by Gasteiger charge is 2.16. The topological polar surface area (TPSA) is 49.6 Å². The SMILES string of the molecule is O=C(Cc1cn2cc(Cl)ccc2n1)N1CCCNCC1. The number of rotatable bonds is 2. The van der Waals surface area contributed by atoms with Gasteiger partial charge in [0, 0.05) is 32.0 Å². The number of nitrogens with one attached hydrogen (secondary N) is 1. The summed E-state index contributed by atoms with van der Waals surface area (Å²) in [6, 6.07) is 3.65. The van der Waals surface area contributed by atoms with E-state index in [1.54, 1.807) is 12.3 Å². The number of imidazole rings is 1. The summed E-state index contributed by atoms with van der Waals surface area (Å²) in [7, 11) is 0. The molecule has 1 aliphatic heterocycles. The zero-order valence-corrected chi connectivity index (χ0v) is 11.9. The predicted molar refractivity (Wildman–Crippen MR) is 78.0 cm³/mol. The summed E-state index contributed by atoms with van der Waals surface area (Å²) in [5.74, 6) is 0.142.